The molecule has 0 aromatic heterocycles. The van der Waals surface area contributed by atoms with Crippen LogP contribution in [0.5, 0.6) is 11.5 Å². The van der Waals surface area contributed by atoms with Gasteiger partial charge in [0.05, 0.1) is 18.9 Å². The lowest BCUT2D eigenvalue weighted by Crippen LogP contribution is -2.40. The van der Waals surface area contributed by atoms with Gasteiger partial charge in [0.2, 0.25) is 5.91 Å². The molecule has 1 heterocycles. The second kappa shape index (κ2) is 8.07. The molecule has 1 aliphatic heterocycles. The van der Waals surface area contributed by atoms with E-state index in [0.29, 0.717) is 17.7 Å². The Bertz CT molecular complexity index is 837. The summed E-state index contributed by atoms with van der Waals surface area (Å²) in [6.45, 7) is 0.140. The van der Waals surface area contributed by atoms with Crippen molar-refractivity contribution in [3.63, 3.8) is 0 Å². The van der Waals surface area contributed by atoms with Crippen molar-refractivity contribution < 1.29 is 28.6 Å². The lowest BCUT2D eigenvalue weighted by Gasteiger charge is -2.25. The van der Waals surface area contributed by atoms with Crippen molar-refractivity contribution in [2.24, 2.45) is 5.92 Å². The smallest absolute Gasteiger partial charge is 0.312 e. The van der Waals surface area contributed by atoms with E-state index in [2.05, 4.69) is 5.32 Å². The Morgan fingerprint density at radius 1 is 1.30 bits per heavy atom. The minimum absolute atomic E-state index is 0.0821. The third-order valence-corrected chi connectivity index (χ3v) is 4.60. The summed E-state index contributed by atoms with van der Waals surface area (Å²) in [5.74, 6) is -1.79. The Labute approximate surface area is 155 Å². The molecule has 0 saturated heterocycles. The van der Waals surface area contributed by atoms with Gasteiger partial charge in [0, 0.05) is 6.54 Å². The van der Waals surface area contributed by atoms with Crippen molar-refractivity contribution >= 4 is 11.9 Å². The standard InChI is InChI=1S/C20H20FNO5/c1-26-16-6-7-18-13(9-16)8-14(11-27-18)19(23)22-10-17(20(24)25)12-2-4-15(21)5-3-12/h2-7,9,14,17H,8,10-11H2,1H3,(H,22,23)(H,24,25). The number of ether oxygens (including phenoxy) is 2. The normalized spacial score (nSPS) is 16.6. The fraction of sp³-hybridized carbons (Fsp3) is 0.300. The van der Waals surface area contributed by atoms with E-state index >= 15 is 0 Å². The van der Waals surface area contributed by atoms with Gasteiger partial charge in [-0.3, -0.25) is 9.59 Å². The van der Waals surface area contributed by atoms with E-state index in [-0.39, 0.29) is 19.1 Å². The molecule has 2 aromatic rings. The van der Waals surface area contributed by atoms with Gasteiger partial charge in [-0.25, -0.2) is 4.39 Å². The third kappa shape index (κ3) is 4.36. The number of hydrogen-bond donors (Lipinski definition) is 2. The summed E-state index contributed by atoms with van der Waals surface area (Å²) in [7, 11) is 1.57. The molecule has 2 N–H and O–H groups in total. The highest BCUT2D eigenvalue weighted by molar-refractivity contribution is 5.82. The predicted molar refractivity (Wildman–Crippen MR) is 95.5 cm³/mol. The zero-order valence-corrected chi connectivity index (χ0v) is 14.8. The zero-order valence-electron chi connectivity index (χ0n) is 14.8. The maximum Gasteiger partial charge on any atom is 0.312 e. The number of hydrogen-bond acceptors (Lipinski definition) is 4. The molecule has 2 atom stereocenters. The van der Waals surface area contributed by atoms with Crippen LogP contribution in [-0.4, -0.2) is 37.2 Å². The minimum Gasteiger partial charge on any atom is -0.497 e. The lowest BCUT2D eigenvalue weighted by atomic mass is 9.95. The Hall–Kier alpha value is -3.09. The molecule has 1 aliphatic rings. The second-order valence-electron chi connectivity index (χ2n) is 6.37. The molecule has 0 fully saturated rings. The molecule has 0 bridgehead atoms. The van der Waals surface area contributed by atoms with E-state index in [1.165, 1.54) is 24.3 Å². The summed E-state index contributed by atoms with van der Waals surface area (Å²) in [6, 6.07) is 10.6. The highest BCUT2D eigenvalue weighted by atomic mass is 19.1. The SMILES string of the molecule is COc1ccc2c(c1)CC(C(=O)NCC(C(=O)O)c1ccc(F)cc1)CO2. The molecule has 6 nitrogen and oxygen atoms in total. The average molecular weight is 373 g/mol. The number of methoxy groups -OCH3 is 1. The van der Waals surface area contributed by atoms with Crippen molar-refractivity contribution in [2.45, 2.75) is 12.3 Å². The van der Waals surface area contributed by atoms with Crippen LogP contribution in [-0.2, 0) is 16.0 Å². The summed E-state index contributed by atoms with van der Waals surface area (Å²) >= 11 is 0. The van der Waals surface area contributed by atoms with E-state index in [0.717, 1.165) is 11.3 Å². The van der Waals surface area contributed by atoms with Crippen LogP contribution in [0.3, 0.4) is 0 Å². The van der Waals surface area contributed by atoms with E-state index in [9.17, 15) is 19.1 Å². The van der Waals surface area contributed by atoms with Gasteiger partial charge < -0.3 is 19.9 Å². The van der Waals surface area contributed by atoms with Crippen LogP contribution < -0.4 is 14.8 Å². The maximum atomic E-state index is 13.0. The quantitative estimate of drug-likeness (QED) is 0.812. The van der Waals surface area contributed by atoms with Crippen LogP contribution in [0.4, 0.5) is 4.39 Å². The number of carbonyl (C=O) groups is 2. The topological polar surface area (TPSA) is 84.9 Å². The average Bonchev–Trinajstić information content (AvgIpc) is 2.68. The van der Waals surface area contributed by atoms with E-state index in [1.807, 2.05) is 6.07 Å². The molecule has 142 valence electrons. The van der Waals surface area contributed by atoms with Gasteiger partial charge in [-0.1, -0.05) is 12.1 Å². The summed E-state index contributed by atoms with van der Waals surface area (Å²) in [5.41, 5.74) is 1.30. The Morgan fingerprint density at radius 3 is 2.70 bits per heavy atom. The first-order chi connectivity index (χ1) is 13.0. The van der Waals surface area contributed by atoms with Gasteiger partial charge in [-0.15, -0.1) is 0 Å². The largest absolute Gasteiger partial charge is 0.497 e. The number of halogens is 1. The van der Waals surface area contributed by atoms with Crippen LogP contribution >= 0.6 is 0 Å². The molecular weight excluding hydrogens is 353 g/mol. The van der Waals surface area contributed by atoms with Crippen LogP contribution in [0, 0.1) is 11.7 Å². The lowest BCUT2D eigenvalue weighted by molar-refractivity contribution is -0.138. The molecule has 0 spiro atoms. The van der Waals surface area contributed by atoms with Crippen molar-refractivity contribution in [2.75, 3.05) is 20.3 Å². The Morgan fingerprint density at radius 2 is 2.04 bits per heavy atom. The van der Waals surface area contributed by atoms with E-state index in [1.54, 1.807) is 19.2 Å². The summed E-state index contributed by atoms with van der Waals surface area (Å²) in [4.78, 5) is 24.0. The number of aliphatic carboxylic acids is 1. The predicted octanol–water partition coefficient (Wildman–Crippen LogP) is 2.37. The summed E-state index contributed by atoms with van der Waals surface area (Å²) in [6.07, 6.45) is 0.479. The van der Waals surface area contributed by atoms with Gasteiger partial charge in [0.15, 0.2) is 0 Å². The van der Waals surface area contributed by atoms with Gasteiger partial charge >= 0.3 is 5.97 Å². The maximum absolute atomic E-state index is 13.0. The van der Waals surface area contributed by atoms with Crippen molar-refractivity contribution in [3.8, 4) is 11.5 Å². The van der Waals surface area contributed by atoms with Crippen LogP contribution in [0.15, 0.2) is 42.5 Å². The van der Waals surface area contributed by atoms with Crippen LogP contribution in [0.2, 0.25) is 0 Å². The van der Waals surface area contributed by atoms with E-state index in [4.69, 9.17) is 9.47 Å². The Kier molecular flexibility index (Phi) is 5.59. The van der Waals surface area contributed by atoms with Gasteiger partial charge in [0.25, 0.3) is 0 Å². The molecular formula is C20H20FNO5. The molecule has 3 rings (SSSR count). The minimum atomic E-state index is -1.09. The number of carboxylic acid groups (broad SMARTS) is 1. The highest BCUT2D eigenvalue weighted by Crippen LogP contribution is 2.30. The van der Waals surface area contributed by atoms with Gasteiger partial charge in [-0.2, -0.15) is 0 Å². The highest BCUT2D eigenvalue weighted by Gasteiger charge is 2.28. The monoisotopic (exact) mass is 373 g/mol. The number of benzene rings is 2. The summed E-state index contributed by atoms with van der Waals surface area (Å²) in [5, 5.41) is 12.1. The first-order valence-electron chi connectivity index (χ1n) is 8.53. The number of amides is 1. The van der Waals surface area contributed by atoms with Crippen LogP contribution in [0.25, 0.3) is 0 Å². The third-order valence-electron chi connectivity index (χ3n) is 4.60. The van der Waals surface area contributed by atoms with Gasteiger partial charge in [0.1, 0.15) is 23.9 Å². The summed E-state index contributed by atoms with van der Waals surface area (Å²) < 4.78 is 23.9. The number of carbonyl (C=O) groups excluding carboxylic acids is 1. The van der Waals surface area contributed by atoms with E-state index < -0.39 is 23.6 Å². The van der Waals surface area contributed by atoms with Crippen molar-refractivity contribution in [3.05, 3.63) is 59.4 Å². The molecule has 0 saturated carbocycles. The van der Waals surface area contributed by atoms with Crippen LogP contribution in [0.1, 0.15) is 17.0 Å². The fourth-order valence-corrected chi connectivity index (χ4v) is 3.06. The molecule has 0 aliphatic carbocycles. The molecule has 1 amide bonds. The fourth-order valence-electron chi connectivity index (χ4n) is 3.06. The molecule has 27 heavy (non-hydrogen) atoms. The zero-order chi connectivity index (χ0) is 19.4. The number of rotatable bonds is 6. The van der Waals surface area contributed by atoms with Gasteiger partial charge in [-0.05, 0) is 47.9 Å². The molecule has 0 radical (unpaired) electrons. The molecule has 2 unspecified atom stereocenters. The number of carboxylic acids is 1. The number of nitrogens with one attached hydrogen (secondary N) is 1. The molecule has 7 heteroatoms. The Balaban J connectivity index is 1.64. The van der Waals surface area contributed by atoms with Crippen molar-refractivity contribution in [1.82, 2.24) is 5.32 Å². The second-order valence-corrected chi connectivity index (χ2v) is 6.37. The van der Waals surface area contributed by atoms with Crippen molar-refractivity contribution in [1.29, 1.82) is 0 Å². The number of fused-ring (bicyclic) bond motifs is 1. The first kappa shape index (κ1) is 18.7. The first-order valence-corrected chi connectivity index (χ1v) is 8.53. The molecule has 2 aromatic carbocycles.